The van der Waals surface area contributed by atoms with Gasteiger partial charge in [-0.05, 0) is 61.1 Å². The number of hydrogen-bond acceptors (Lipinski definition) is 3. The van der Waals surface area contributed by atoms with Crippen molar-refractivity contribution in [2.45, 2.75) is 84.2 Å². The quantitative estimate of drug-likeness (QED) is 0.183. The summed E-state index contributed by atoms with van der Waals surface area (Å²) < 4.78 is 5.72. The van der Waals surface area contributed by atoms with Crippen molar-refractivity contribution < 1.29 is 4.74 Å². The van der Waals surface area contributed by atoms with E-state index in [1.54, 1.807) is 0 Å². The van der Waals surface area contributed by atoms with E-state index in [1.807, 2.05) is 0 Å². The van der Waals surface area contributed by atoms with Crippen LogP contribution in [0.1, 0.15) is 76.3 Å². The Labute approximate surface area is 196 Å². The molecule has 0 aliphatic carbocycles. The number of benzene rings is 2. The Morgan fingerprint density at radius 1 is 0.688 bits per heavy atom. The zero-order valence-corrected chi connectivity index (χ0v) is 20.4. The van der Waals surface area contributed by atoms with E-state index in [1.165, 1.54) is 81.6 Å². The zero-order valence-electron chi connectivity index (χ0n) is 20.4. The lowest BCUT2D eigenvalue weighted by Crippen LogP contribution is -2.29. The van der Waals surface area contributed by atoms with Gasteiger partial charge in [-0.15, -0.1) is 0 Å². The average Bonchev–Trinajstić information content (AvgIpc) is 2.83. The molecule has 2 aromatic carbocycles. The van der Waals surface area contributed by atoms with E-state index in [0.29, 0.717) is 0 Å². The first-order chi connectivity index (χ1) is 15.7. The lowest BCUT2D eigenvalue weighted by atomic mass is 10.1. The van der Waals surface area contributed by atoms with Crippen molar-refractivity contribution in [1.29, 1.82) is 0 Å². The number of anilines is 2. The lowest BCUT2D eigenvalue weighted by Gasteiger charge is -2.19. The van der Waals surface area contributed by atoms with Gasteiger partial charge in [-0.2, -0.15) is 0 Å². The van der Waals surface area contributed by atoms with Crippen molar-refractivity contribution in [3.8, 4) is 0 Å². The molecule has 0 fully saturated rings. The Kier molecular flexibility index (Phi) is 13.1. The monoisotopic (exact) mass is 436 g/mol. The summed E-state index contributed by atoms with van der Waals surface area (Å²) in [5.74, 6) is 0. The van der Waals surface area contributed by atoms with E-state index < -0.39 is 0 Å². The molecule has 0 saturated carbocycles. The summed E-state index contributed by atoms with van der Waals surface area (Å²) in [6.07, 6.45) is 14.3. The fourth-order valence-electron chi connectivity index (χ4n) is 3.86. The van der Waals surface area contributed by atoms with Gasteiger partial charge in [0.1, 0.15) is 6.10 Å². The van der Waals surface area contributed by atoms with Gasteiger partial charge in [-0.25, -0.2) is 0 Å². The lowest BCUT2D eigenvalue weighted by molar-refractivity contribution is 0.168. The second-order valence-electron chi connectivity index (χ2n) is 8.70. The van der Waals surface area contributed by atoms with Crippen LogP contribution in [-0.4, -0.2) is 19.2 Å². The molecule has 0 amide bonds. The predicted octanol–water partition coefficient (Wildman–Crippen LogP) is 7.98. The minimum atomic E-state index is 0.00920. The van der Waals surface area contributed by atoms with Gasteiger partial charge in [0, 0.05) is 11.4 Å². The molecule has 3 nitrogen and oxygen atoms in total. The fourth-order valence-corrected chi connectivity index (χ4v) is 3.86. The molecule has 0 aromatic heterocycles. The van der Waals surface area contributed by atoms with Crippen molar-refractivity contribution in [3.63, 3.8) is 0 Å². The highest BCUT2D eigenvalue weighted by atomic mass is 16.5. The van der Waals surface area contributed by atoms with Crippen LogP contribution in [0.5, 0.6) is 0 Å². The van der Waals surface area contributed by atoms with Gasteiger partial charge in [0.25, 0.3) is 0 Å². The van der Waals surface area contributed by atoms with Crippen LogP contribution in [-0.2, 0) is 17.6 Å². The number of nitrogens with one attached hydrogen (secondary N) is 2. The largest absolute Gasteiger partial charge is 0.495 e. The summed E-state index contributed by atoms with van der Waals surface area (Å²) in [6.45, 7) is 9.70. The van der Waals surface area contributed by atoms with Gasteiger partial charge in [0.15, 0.2) is 0 Å². The van der Waals surface area contributed by atoms with Crippen LogP contribution in [0, 0.1) is 0 Å². The highest BCUT2D eigenvalue weighted by Crippen LogP contribution is 2.15. The molecule has 2 aromatic rings. The molecule has 0 bridgehead atoms. The van der Waals surface area contributed by atoms with E-state index in [0.717, 1.165) is 24.5 Å². The minimum Gasteiger partial charge on any atom is -0.495 e. The molecule has 0 aliphatic heterocycles. The second-order valence-corrected chi connectivity index (χ2v) is 8.70. The van der Waals surface area contributed by atoms with Crippen LogP contribution in [0.2, 0.25) is 0 Å². The summed E-state index contributed by atoms with van der Waals surface area (Å²) in [6, 6.07) is 17.6. The normalized spacial score (nSPS) is 10.8. The summed E-state index contributed by atoms with van der Waals surface area (Å²) >= 11 is 0. The first kappa shape index (κ1) is 25.8. The molecule has 0 saturated heterocycles. The maximum absolute atomic E-state index is 5.72. The second kappa shape index (κ2) is 16.2. The van der Waals surface area contributed by atoms with E-state index in [2.05, 4.69) is 79.6 Å². The summed E-state index contributed by atoms with van der Waals surface area (Å²) in [7, 11) is 0. The van der Waals surface area contributed by atoms with Gasteiger partial charge in [-0.1, -0.05) is 83.2 Å². The van der Waals surface area contributed by atoms with Gasteiger partial charge in [-0.3, -0.25) is 0 Å². The standard InChI is InChI=1S/C29H44N2O/c1-4-7-9-11-13-25-15-19-27(20-16-25)30-23-29(32-6-3)24-31-28-21-17-26(18-22-28)14-12-10-8-5-2/h6,15-22,29-31H,3-5,7-14,23-24H2,1-2H3. The molecule has 0 radical (unpaired) electrons. The molecule has 0 aliphatic rings. The van der Waals surface area contributed by atoms with E-state index in [4.69, 9.17) is 4.74 Å². The molecule has 0 atom stereocenters. The number of aryl methyl sites for hydroxylation is 2. The Balaban J connectivity index is 1.73. The summed E-state index contributed by atoms with van der Waals surface area (Å²) in [5, 5.41) is 7.00. The Hall–Kier alpha value is -2.42. The van der Waals surface area contributed by atoms with Crippen LogP contribution in [0.15, 0.2) is 61.4 Å². The summed E-state index contributed by atoms with van der Waals surface area (Å²) in [4.78, 5) is 0. The van der Waals surface area contributed by atoms with E-state index in [9.17, 15) is 0 Å². The molecule has 0 heterocycles. The summed E-state index contributed by atoms with van der Waals surface area (Å²) in [5.41, 5.74) is 5.10. The molecule has 0 unspecified atom stereocenters. The third-order valence-corrected chi connectivity index (χ3v) is 5.90. The predicted molar refractivity (Wildman–Crippen MR) is 141 cm³/mol. The maximum atomic E-state index is 5.72. The van der Waals surface area contributed by atoms with Crippen LogP contribution in [0.25, 0.3) is 0 Å². The SMILES string of the molecule is C=COC(CNc1ccc(CCCCCC)cc1)CNc1ccc(CCCCCC)cc1. The number of hydrogen-bond donors (Lipinski definition) is 2. The van der Waals surface area contributed by atoms with Gasteiger partial charge < -0.3 is 15.4 Å². The highest BCUT2D eigenvalue weighted by molar-refractivity contribution is 5.46. The molecular formula is C29H44N2O. The number of rotatable bonds is 18. The molecule has 2 rings (SSSR count). The smallest absolute Gasteiger partial charge is 0.132 e. The van der Waals surface area contributed by atoms with Crippen molar-refractivity contribution in [2.24, 2.45) is 0 Å². The van der Waals surface area contributed by atoms with Crippen LogP contribution >= 0.6 is 0 Å². The van der Waals surface area contributed by atoms with Crippen molar-refractivity contribution in [2.75, 3.05) is 23.7 Å². The van der Waals surface area contributed by atoms with Crippen LogP contribution in [0.4, 0.5) is 11.4 Å². The van der Waals surface area contributed by atoms with Crippen LogP contribution < -0.4 is 10.6 Å². The molecule has 0 spiro atoms. The number of ether oxygens (including phenoxy) is 1. The maximum Gasteiger partial charge on any atom is 0.132 e. The Morgan fingerprint density at radius 2 is 1.12 bits per heavy atom. The molecule has 3 heteroatoms. The highest BCUT2D eigenvalue weighted by Gasteiger charge is 2.08. The fraction of sp³-hybridized carbons (Fsp3) is 0.517. The van der Waals surface area contributed by atoms with Crippen molar-refractivity contribution in [3.05, 3.63) is 72.5 Å². The molecule has 32 heavy (non-hydrogen) atoms. The molecule has 2 N–H and O–H groups in total. The number of unbranched alkanes of at least 4 members (excludes halogenated alkanes) is 6. The van der Waals surface area contributed by atoms with E-state index in [-0.39, 0.29) is 6.10 Å². The van der Waals surface area contributed by atoms with Crippen LogP contribution in [0.3, 0.4) is 0 Å². The van der Waals surface area contributed by atoms with Gasteiger partial charge >= 0.3 is 0 Å². The Morgan fingerprint density at radius 3 is 1.50 bits per heavy atom. The van der Waals surface area contributed by atoms with Crippen molar-refractivity contribution in [1.82, 2.24) is 0 Å². The Bertz CT molecular complexity index is 664. The topological polar surface area (TPSA) is 33.3 Å². The minimum absolute atomic E-state index is 0.00920. The first-order valence-corrected chi connectivity index (χ1v) is 12.7. The zero-order chi connectivity index (χ0) is 22.9. The molecular weight excluding hydrogens is 392 g/mol. The van der Waals surface area contributed by atoms with Gasteiger partial charge in [0.2, 0.25) is 0 Å². The average molecular weight is 437 g/mol. The third-order valence-electron chi connectivity index (χ3n) is 5.90. The van der Waals surface area contributed by atoms with Crippen molar-refractivity contribution >= 4 is 11.4 Å². The first-order valence-electron chi connectivity index (χ1n) is 12.7. The van der Waals surface area contributed by atoms with Gasteiger partial charge in [0.05, 0.1) is 19.4 Å². The van der Waals surface area contributed by atoms with E-state index >= 15 is 0 Å². The third kappa shape index (κ3) is 10.7. The molecule has 176 valence electrons.